The highest BCUT2D eigenvalue weighted by Crippen LogP contribution is 2.26. The molecule has 0 atom stereocenters. The fourth-order valence-corrected chi connectivity index (χ4v) is 3.79. The molecule has 0 aromatic carbocycles. The first-order chi connectivity index (χ1) is 13.9. The summed E-state index contributed by atoms with van der Waals surface area (Å²) in [6, 6.07) is 1.79. The number of aryl methyl sites for hydroxylation is 2. The Balaban J connectivity index is 1.34. The van der Waals surface area contributed by atoms with E-state index < -0.39 is 0 Å². The van der Waals surface area contributed by atoms with E-state index in [2.05, 4.69) is 57.5 Å². The number of amides is 1. The van der Waals surface area contributed by atoms with Gasteiger partial charge < -0.3 is 20.6 Å². The van der Waals surface area contributed by atoms with Crippen LogP contribution in [0.4, 0.5) is 5.95 Å². The molecule has 3 heterocycles. The minimum Gasteiger partial charge on any atom is -0.369 e. The highest BCUT2D eigenvalue weighted by Gasteiger charge is 2.14. The van der Waals surface area contributed by atoms with Crippen LogP contribution in [0.5, 0.6) is 0 Å². The third-order valence-corrected chi connectivity index (χ3v) is 6.68. The average molecular weight is 528 g/mol. The van der Waals surface area contributed by atoms with Gasteiger partial charge in [0.15, 0.2) is 5.95 Å². The van der Waals surface area contributed by atoms with E-state index in [0.29, 0.717) is 24.7 Å². The van der Waals surface area contributed by atoms with Gasteiger partial charge in [-0.05, 0) is 63.6 Å². The van der Waals surface area contributed by atoms with Crippen molar-refractivity contribution in [2.24, 2.45) is 7.05 Å². The van der Waals surface area contributed by atoms with Crippen LogP contribution in [0, 0.1) is 0 Å². The molecule has 0 aliphatic rings. The Labute approximate surface area is 185 Å². The molecule has 0 saturated carbocycles. The topological polar surface area (TPSA) is 119 Å². The number of nitrogens with one attached hydrogen (secondary N) is 2. The number of nitrogen functional groups attached to an aromatic ring is 1. The molecule has 0 unspecified atom stereocenters. The summed E-state index contributed by atoms with van der Waals surface area (Å²) in [5.74, 6) is 0.343. The minimum atomic E-state index is -0.127. The number of H-pyrrole nitrogens is 1. The molecule has 3 rings (SSSR count). The standard InChI is InChI=1S/C18H24Br2N8O/c1-27-15(9-14(19)16(27)20)17(29)22-7-8-28-11-13(25-26-28)6-4-2-3-5-12-10-23-18(21)24-12/h9-11H,2-8H2,1H3,(H,22,29)(H3,21,23,24). The highest BCUT2D eigenvalue weighted by atomic mass is 79.9. The van der Waals surface area contributed by atoms with Crippen molar-refractivity contribution in [2.75, 3.05) is 12.3 Å². The molecule has 29 heavy (non-hydrogen) atoms. The molecule has 3 aromatic heterocycles. The molecule has 0 fully saturated rings. The van der Waals surface area contributed by atoms with E-state index in [1.807, 2.05) is 13.2 Å². The van der Waals surface area contributed by atoms with Crippen molar-refractivity contribution in [3.05, 3.63) is 44.6 Å². The molecule has 0 saturated heterocycles. The quantitative estimate of drug-likeness (QED) is 0.350. The van der Waals surface area contributed by atoms with Gasteiger partial charge in [-0.1, -0.05) is 11.6 Å². The predicted octanol–water partition coefficient (Wildman–Crippen LogP) is 2.83. The normalized spacial score (nSPS) is 11.1. The lowest BCUT2D eigenvalue weighted by Gasteiger charge is -2.06. The first-order valence-corrected chi connectivity index (χ1v) is 11.0. The van der Waals surface area contributed by atoms with Gasteiger partial charge in [0.2, 0.25) is 0 Å². The summed E-state index contributed by atoms with van der Waals surface area (Å²) >= 11 is 6.83. The number of aromatic nitrogens is 6. The molecule has 0 spiro atoms. The number of hydrogen-bond donors (Lipinski definition) is 3. The van der Waals surface area contributed by atoms with Crippen LogP contribution < -0.4 is 11.1 Å². The number of aromatic amines is 1. The fourth-order valence-electron chi connectivity index (χ4n) is 3.00. The van der Waals surface area contributed by atoms with Gasteiger partial charge in [0.05, 0.1) is 27.5 Å². The van der Waals surface area contributed by atoms with Gasteiger partial charge in [0.1, 0.15) is 5.69 Å². The Hall–Kier alpha value is -2.14. The molecule has 0 aliphatic carbocycles. The van der Waals surface area contributed by atoms with E-state index >= 15 is 0 Å². The third-order valence-electron chi connectivity index (χ3n) is 4.59. The summed E-state index contributed by atoms with van der Waals surface area (Å²) in [4.78, 5) is 19.3. The molecule has 9 nitrogen and oxygen atoms in total. The Morgan fingerprint density at radius 3 is 2.76 bits per heavy atom. The monoisotopic (exact) mass is 526 g/mol. The van der Waals surface area contributed by atoms with Crippen LogP contribution in [0.1, 0.15) is 41.1 Å². The fraction of sp³-hybridized carbons (Fsp3) is 0.444. The van der Waals surface area contributed by atoms with Crippen LogP contribution in [-0.2, 0) is 26.4 Å². The lowest BCUT2D eigenvalue weighted by atomic mass is 10.1. The summed E-state index contributed by atoms with van der Waals surface area (Å²) in [5, 5.41) is 11.3. The van der Waals surface area contributed by atoms with Crippen molar-refractivity contribution in [2.45, 2.75) is 38.6 Å². The van der Waals surface area contributed by atoms with Gasteiger partial charge in [-0.3, -0.25) is 9.48 Å². The van der Waals surface area contributed by atoms with Crippen molar-refractivity contribution in [1.82, 2.24) is 34.8 Å². The maximum Gasteiger partial charge on any atom is 0.268 e. The molecular weight excluding hydrogens is 504 g/mol. The Bertz CT molecular complexity index is 961. The maximum atomic E-state index is 12.3. The Kier molecular flexibility index (Phi) is 7.48. The van der Waals surface area contributed by atoms with E-state index in [4.69, 9.17) is 5.73 Å². The molecule has 0 aliphatic heterocycles. The second-order valence-corrected chi connectivity index (χ2v) is 8.42. The number of unbranched alkanes of at least 4 members (excludes halogenated alkanes) is 2. The number of nitrogens with zero attached hydrogens (tertiary/aromatic N) is 5. The van der Waals surface area contributed by atoms with E-state index in [0.717, 1.165) is 52.6 Å². The predicted molar refractivity (Wildman–Crippen MR) is 117 cm³/mol. The van der Waals surface area contributed by atoms with Gasteiger partial charge in [-0.2, -0.15) is 0 Å². The van der Waals surface area contributed by atoms with E-state index in [1.54, 1.807) is 21.5 Å². The van der Waals surface area contributed by atoms with Gasteiger partial charge in [-0.25, -0.2) is 4.98 Å². The Morgan fingerprint density at radius 1 is 1.28 bits per heavy atom. The molecule has 11 heteroatoms. The zero-order valence-corrected chi connectivity index (χ0v) is 19.3. The molecule has 1 amide bonds. The summed E-state index contributed by atoms with van der Waals surface area (Å²) in [6.45, 7) is 1.06. The first kappa shape index (κ1) is 21.6. The van der Waals surface area contributed by atoms with Crippen molar-refractivity contribution in [3.8, 4) is 0 Å². The van der Waals surface area contributed by atoms with Crippen molar-refractivity contribution in [3.63, 3.8) is 0 Å². The van der Waals surface area contributed by atoms with E-state index in [1.165, 1.54) is 0 Å². The molecular formula is C18H24Br2N8O. The average Bonchev–Trinajstić information content (AvgIpc) is 3.38. The Morgan fingerprint density at radius 2 is 2.07 bits per heavy atom. The SMILES string of the molecule is Cn1c(C(=O)NCCn2cc(CCCCCc3cnc(N)[nH]3)nn2)cc(Br)c1Br. The number of rotatable bonds is 10. The largest absolute Gasteiger partial charge is 0.369 e. The second kappa shape index (κ2) is 10.1. The number of hydrogen-bond acceptors (Lipinski definition) is 5. The molecule has 0 radical (unpaired) electrons. The summed E-state index contributed by atoms with van der Waals surface area (Å²) < 4.78 is 5.23. The maximum absolute atomic E-state index is 12.3. The third kappa shape index (κ3) is 5.92. The summed E-state index contributed by atoms with van der Waals surface area (Å²) in [7, 11) is 1.83. The number of halogens is 2. The van der Waals surface area contributed by atoms with Gasteiger partial charge in [0, 0.05) is 25.5 Å². The lowest BCUT2D eigenvalue weighted by molar-refractivity contribution is 0.0943. The smallest absolute Gasteiger partial charge is 0.268 e. The number of nitrogens with two attached hydrogens (primary N) is 1. The van der Waals surface area contributed by atoms with Crippen molar-refractivity contribution >= 4 is 43.7 Å². The lowest BCUT2D eigenvalue weighted by Crippen LogP contribution is -2.28. The van der Waals surface area contributed by atoms with Gasteiger partial charge in [-0.15, -0.1) is 5.10 Å². The van der Waals surface area contributed by atoms with Crippen LogP contribution in [-0.4, -0.2) is 42.0 Å². The first-order valence-electron chi connectivity index (χ1n) is 9.41. The number of imidazole rings is 1. The minimum absolute atomic E-state index is 0.127. The van der Waals surface area contributed by atoms with Gasteiger partial charge in [0.25, 0.3) is 5.91 Å². The second-order valence-electron chi connectivity index (χ2n) is 6.81. The van der Waals surface area contributed by atoms with Crippen molar-refractivity contribution < 1.29 is 4.79 Å². The number of carbonyl (C=O) groups is 1. The van der Waals surface area contributed by atoms with E-state index in [-0.39, 0.29) is 5.91 Å². The van der Waals surface area contributed by atoms with Crippen LogP contribution in [0.2, 0.25) is 0 Å². The summed E-state index contributed by atoms with van der Waals surface area (Å²) in [5.41, 5.74) is 8.20. The zero-order valence-electron chi connectivity index (χ0n) is 16.2. The van der Waals surface area contributed by atoms with Crippen LogP contribution in [0.3, 0.4) is 0 Å². The van der Waals surface area contributed by atoms with Gasteiger partial charge >= 0.3 is 0 Å². The van der Waals surface area contributed by atoms with Crippen LogP contribution >= 0.6 is 31.9 Å². The number of anilines is 1. The van der Waals surface area contributed by atoms with Crippen molar-refractivity contribution in [1.29, 1.82) is 0 Å². The molecule has 4 N–H and O–H groups in total. The van der Waals surface area contributed by atoms with Crippen LogP contribution in [0.15, 0.2) is 27.5 Å². The highest BCUT2D eigenvalue weighted by molar-refractivity contribution is 9.13. The van der Waals surface area contributed by atoms with Crippen LogP contribution in [0.25, 0.3) is 0 Å². The number of carbonyl (C=O) groups excluding carboxylic acids is 1. The molecule has 3 aromatic rings. The molecule has 0 bridgehead atoms. The van der Waals surface area contributed by atoms with E-state index in [9.17, 15) is 4.79 Å². The molecule has 156 valence electrons. The summed E-state index contributed by atoms with van der Waals surface area (Å²) in [6.07, 6.45) is 8.80. The zero-order chi connectivity index (χ0) is 20.8.